The average Bonchev–Trinajstić information content (AvgIpc) is 2.66. The van der Waals surface area contributed by atoms with E-state index in [0.29, 0.717) is 19.4 Å². The number of rotatable bonds is 4. The smallest absolute Gasteiger partial charge is 0.405 e. The highest BCUT2D eigenvalue weighted by Crippen LogP contribution is 2.29. The minimum Gasteiger partial charge on any atom is -0.405 e. The molecule has 1 fully saturated rings. The summed E-state index contributed by atoms with van der Waals surface area (Å²) < 4.78 is 55.1. The average molecular weight is 395 g/mol. The van der Waals surface area contributed by atoms with Crippen LogP contribution < -0.4 is 4.74 Å². The maximum absolute atomic E-state index is 13.4. The Hall–Kier alpha value is -2.90. The van der Waals surface area contributed by atoms with E-state index in [0.717, 1.165) is 12.1 Å². The summed E-state index contributed by atoms with van der Waals surface area (Å²) in [5.41, 5.74) is -0.0150. The van der Waals surface area contributed by atoms with E-state index in [-0.39, 0.29) is 23.5 Å². The Morgan fingerprint density at radius 1 is 1.07 bits per heavy atom. The zero-order chi connectivity index (χ0) is 20.3. The van der Waals surface area contributed by atoms with Crippen molar-refractivity contribution in [3.63, 3.8) is 0 Å². The quantitative estimate of drug-likeness (QED) is 0.567. The second kappa shape index (κ2) is 8.00. The SMILES string of the molecule is O=C(c1cccc(F)c1)[C@H]1CCCN(C(=O)c2ccccc2OC(F)(F)F)C1. The van der Waals surface area contributed by atoms with Crippen LogP contribution in [0, 0.1) is 11.7 Å². The highest BCUT2D eigenvalue weighted by Gasteiger charge is 2.35. The van der Waals surface area contributed by atoms with Gasteiger partial charge in [0.15, 0.2) is 5.78 Å². The van der Waals surface area contributed by atoms with Gasteiger partial charge in [0.25, 0.3) is 5.91 Å². The molecule has 1 amide bonds. The predicted molar refractivity (Wildman–Crippen MR) is 92.5 cm³/mol. The Bertz CT molecular complexity index is 882. The minimum atomic E-state index is -4.92. The van der Waals surface area contributed by atoms with Gasteiger partial charge in [-0.1, -0.05) is 24.3 Å². The largest absolute Gasteiger partial charge is 0.573 e. The molecule has 0 aliphatic carbocycles. The summed E-state index contributed by atoms with van der Waals surface area (Å²) in [6.07, 6.45) is -3.90. The van der Waals surface area contributed by atoms with Gasteiger partial charge in [0, 0.05) is 24.6 Å². The number of likely N-dealkylation sites (tertiary alicyclic amines) is 1. The number of alkyl halides is 3. The van der Waals surface area contributed by atoms with Crippen molar-refractivity contribution in [2.24, 2.45) is 5.92 Å². The number of amides is 1. The predicted octanol–water partition coefficient (Wildman–Crippen LogP) is 4.46. The van der Waals surface area contributed by atoms with Crippen molar-refractivity contribution in [2.45, 2.75) is 19.2 Å². The third kappa shape index (κ3) is 4.68. The number of Topliss-reactive ketones (excluding diaryl/α,β-unsaturated/α-hetero) is 1. The fourth-order valence-corrected chi connectivity index (χ4v) is 3.28. The highest BCUT2D eigenvalue weighted by atomic mass is 19.4. The first kappa shape index (κ1) is 19.9. The van der Waals surface area contributed by atoms with E-state index < -0.39 is 29.8 Å². The van der Waals surface area contributed by atoms with Crippen molar-refractivity contribution >= 4 is 11.7 Å². The third-order valence-corrected chi connectivity index (χ3v) is 4.53. The Morgan fingerprint density at radius 3 is 2.54 bits per heavy atom. The lowest BCUT2D eigenvalue weighted by atomic mass is 9.89. The molecule has 1 atom stereocenters. The van der Waals surface area contributed by atoms with Crippen LogP contribution in [0.3, 0.4) is 0 Å². The Kier molecular flexibility index (Phi) is 5.67. The van der Waals surface area contributed by atoms with E-state index in [1.807, 2.05) is 0 Å². The van der Waals surface area contributed by atoms with Crippen molar-refractivity contribution in [3.8, 4) is 5.75 Å². The van der Waals surface area contributed by atoms with Crippen molar-refractivity contribution in [2.75, 3.05) is 13.1 Å². The number of hydrogen-bond donors (Lipinski definition) is 0. The standard InChI is InChI=1S/C20H17F4NO3/c21-15-7-3-5-13(11-15)18(26)14-6-4-10-25(12-14)19(27)16-8-1-2-9-17(16)28-20(22,23)24/h1-3,5,7-9,11,14H,4,6,10,12H2/t14-/m0/s1. The van der Waals surface area contributed by atoms with E-state index in [2.05, 4.69) is 4.74 Å². The fraction of sp³-hybridized carbons (Fsp3) is 0.300. The van der Waals surface area contributed by atoms with Crippen LogP contribution in [0.25, 0.3) is 0 Å². The zero-order valence-corrected chi connectivity index (χ0v) is 14.7. The summed E-state index contributed by atoms with van der Waals surface area (Å²) in [6, 6.07) is 10.4. The number of piperidine rings is 1. The monoisotopic (exact) mass is 395 g/mol. The summed E-state index contributed by atoms with van der Waals surface area (Å²) in [6.45, 7) is 0.362. The molecule has 148 valence electrons. The molecule has 1 saturated heterocycles. The number of hydrogen-bond acceptors (Lipinski definition) is 3. The molecule has 3 rings (SSSR count). The lowest BCUT2D eigenvalue weighted by molar-refractivity contribution is -0.274. The Labute approximate surface area is 158 Å². The van der Waals surface area contributed by atoms with Gasteiger partial charge in [0.2, 0.25) is 0 Å². The first-order valence-electron chi connectivity index (χ1n) is 8.68. The first-order chi connectivity index (χ1) is 13.2. The van der Waals surface area contributed by atoms with Crippen LogP contribution in [0.5, 0.6) is 5.75 Å². The van der Waals surface area contributed by atoms with Crippen LogP contribution in [0.15, 0.2) is 48.5 Å². The summed E-state index contributed by atoms with van der Waals surface area (Å²) in [5.74, 6) is -2.60. The van der Waals surface area contributed by atoms with Gasteiger partial charge < -0.3 is 9.64 Å². The fourth-order valence-electron chi connectivity index (χ4n) is 3.28. The second-order valence-electron chi connectivity index (χ2n) is 6.51. The molecule has 2 aromatic rings. The molecule has 0 radical (unpaired) electrons. The van der Waals surface area contributed by atoms with Crippen LogP contribution in [0.2, 0.25) is 0 Å². The second-order valence-corrected chi connectivity index (χ2v) is 6.51. The van der Waals surface area contributed by atoms with Crippen molar-refractivity contribution < 1.29 is 31.9 Å². The number of ether oxygens (including phenoxy) is 1. The molecule has 0 N–H and O–H groups in total. The van der Waals surface area contributed by atoms with E-state index in [9.17, 15) is 27.2 Å². The number of para-hydroxylation sites is 1. The summed E-state index contributed by atoms with van der Waals surface area (Å²) >= 11 is 0. The molecule has 0 bridgehead atoms. The molecule has 0 saturated carbocycles. The molecular weight excluding hydrogens is 378 g/mol. The summed E-state index contributed by atoms with van der Waals surface area (Å²) in [7, 11) is 0. The van der Waals surface area contributed by atoms with Gasteiger partial charge in [0.05, 0.1) is 5.56 Å². The molecule has 1 heterocycles. The minimum absolute atomic E-state index is 0.0501. The van der Waals surface area contributed by atoms with Gasteiger partial charge in [-0.2, -0.15) is 0 Å². The van der Waals surface area contributed by atoms with Gasteiger partial charge in [-0.25, -0.2) is 4.39 Å². The Balaban J connectivity index is 1.78. The van der Waals surface area contributed by atoms with E-state index >= 15 is 0 Å². The number of carbonyl (C=O) groups excluding carboxylic acids is 2. The number of nitrogens with zero attached hydrogens (tertiary/aromatic N) is 1. The molecule has 2 aromatic carbocycles. The molecule has 0 aromatic heterocycles. The van der Waals surface area contributed by atoms with E-state index in [1.165, 1.54) is 41.3 Å². The van der Waals surface area contributed by atoms with Gasteiger partial charge in [-0.15, -0.1) is 13.2 Å². The van der Waals surface area contributed by atoms with Gasteiger partial charge in [-0.05, 0) is 37.1 Å². The number of ketones is 1. The molecule has 0 unspecified atom stereocenters. The highest BCUT2D eigenvalue weighted by molar-refractivity contribution is 6.00. The Morgan fingerprint density at radius 2 is 1.82 bits per heavy atom. The van der Waals surface area contributed by atoms with Crippen LogP contribution in [0.1, 0.15) is 33.6 Å². The number of benzene rings is 2. The summed E-state index contributed by atoms with van der Waals surface area (Å²) in [5, 5.41) is 0. The van der Waals surface area contributed by atoms with Gasteiger partial charge in [0.1, 0.15) is 11.6 Å². The zero-order valence-electron chi connectivity index (χ0n) is 14.7. The van der Waals surface area contributed by atoms with Crippen molar-refractivity contribution in [1.82, 2.24) is 4.90 Å². The summed E-state index contributed by atoms with van der Waals surface area (Å²) in [4.78, 5) is 26.7. The van der Waals surface area contributed by atoms with Gasteiger partial charge in [-0.3, -0.25) is 9.59 Å². The normalized spacial score (nSPS) is 17.3. The number of carbonyl (C=O) groups is 2. The topological polar surface area (TPSA) is 46.6 Å². The van der Waals surface area contributed by atoms with Crippen LogP contribution >= 0.6 is 0 Å². The van der Waals surface area contributed by atoms with Crippen molar-refractivity contribution in [3.05, 3.63) is 65.5 Å². The van der Waals surface area contributed by atoms with Crippen LogP contribution in [-0.4, -0.2) is 36.0 Å². The third-order valence-electron chi connectivity index (χ3n) is 4.53. The maximum atomic E-state index is 13.4. The van der Waals surface area contributed by atoms with Crippen molar-refractivity contribution in [1.29, 1.82) is 0 Å². The van der Waals surface area contributed by atoms with Gasteiger partial charge >= 0.3 is 6.36 Å². The first-order valence-corrected chi connectivity index (χ1v) is 8.68. The molecule has 1 aliphatic heterocycles. The lowest BCUT2D eigenvalue weighted by Gasteiger charge is -2.32. The molecule has 1 aliphatic rings. The van der Waals surface area contributed by atoms with Crippen LogP contribution in [-0.2, 0) is 0 Å². The molecule has 4 nitrogen and oxygen atoms in total. The maximum Gasteiger partial charge on any atom is 0.573 e. The molecular formula is C20H17F4NO3. The molecule has 28 heavy (non-hydrogen) atoms. The molecule has 0 spiro atoms. The van der Waals surface area contributed by atoms with E-state index in [4.69, 9.17) is 0 Å². The lowest BCUT2D eigenvalue weighted by Crippen LogP contribution is -2.42. The number of halogens is 4. The van der Waals surface area contributed by atoms with Crippen LogP contribution in [0.4, 0.5) is 17.6 Å². The van der Waals surface area contributed by atoms with E-state index in [1.54, 1.807) is 0 Å². The molecule has 8 heteroatoms.